The van der Waals surface area contributed by atoms with Crippen LogP contribution in [-0.4, -0.2) is 31.7 Å². The Balaban J connectivity index is 0.0000102. The topological polar surface area (TPSA) is 26.0 Å². The molecule has 0 bridgehead atoms. The van der Waals surface area contributed by atoms with Gasteiger partial charge in [0, 0.05) is 18.4 Å². The third-order valence-corrected chi connectivity index (χ3v) is 7.23. The van der Waals surface area contributed by atoms with Crippen LogP contribution in [0, 0.1) is 5.92 Å². The van der Waals surface area contributed by atoms with Gasteiger partial charge in [0.25, 0.3) is 0 Å². The standard InChI is InChI=1S/C30H57N2.ClH/c1-28(2)22-17-14-12-10-8-6-5-7-9-11-13-15-20-25-30(29-23-18-16-19-24-29)32(3,4)27-21-26-31;/h16,18-19,23-24,28,30H,5-15,17,20-22,25-27,31H2,1-4H3;1H/q+1;/p-1. The Hall–Kier alpha value is -0.570. The predicted octanol–water partition coefficient (Wildman–Crippen LogP) is 5.66. The minimum absolute atomic E-state index is 0. The van der Waals surface area contributed by atoms with Gasteiger partial charge in [-0.2, -0.15) is 0 Å². The second-order valence-electron chi connectivity index (χ2n) is 11.1. The third-order valence-electron chi connectivity index (χ3n) is 7.23. The summed E-state index contributed by atoms with van der Waals surface area (Å²) in [7, 11) is 4.78. The average Bonchev–Trinajstić information content (AvgIpc) is 2.77. The molecule has 33 heavy (non-hydrogen) atoms. The molecule has 1 unspecified atom stereocenters. The zero-order chi connectivity index (χ0) is 23.5. The van der Waals surface area contributed by atoms with E-state index in [9.17, 15) is 0 Å². The zero-order valence-corrected chi connectivity index (χ0v) is 23.4. The molecule has 0 aliphatic heterocycles. The van der Waals surface area contributed by atoms with E-state index in [-0.39, 0.29) is 12.4 Å². The summed E-state index contributed by atoms with van der Waals surface area (Å²) < 4.78 is 1.05. The van der Waals surface area contributed by atoms with Crippen LogP contribution in [0.25, 0.3) is 0 Å². The van der Waals surface area contributed by atoms with Crippen LogP contribution in [0.15, 0.2) is 30.3 Å². The Morgan fingerprint density at radius 1 is 0.636 bits per heavy atom. The molecule has 0 saturated heterocycles. The first kappa shape index (κ1) is 32.4. The van der Waals surface area contributed by atoms with Crippen molar-refractivity contribution in [1.82, 2.24) is 0 Å². The molecule has 1 aromatic rings. The molecule has 0 aromatic heterocycles. The normalized spacial score (nSPS) is 12.7. The van der Waals surface area contributed by atoms with E-state index in [0.29, 0.717) is 6.04 Å². The highest BCUT2D eigenvalue weighted by atomic mass is 35.5. The highest BCUT2D eigenvalue weighted by molar-refractivity contribution is 5.17. The van der Waals surface area contributed by atoms with E-state index in [4.69, 9.17) is 5.73 Å². The van der Waals surface area contributed by atoms with Gasteiger partial charge in [-0.05, 0) is 18.9 Å². The lowest BCUT2D eigenvalue weighted by Gasteiger charge is -2.38. The Kier molecular flexibility index (Phi) is 20.4. The van der Waals surface area contributed by atoms with Gasteiger partial charge >= 0.3 is 0 Å². The summed E-state index contributed by atoms with van der Waals surface area (Å²) in [5.41, 5.74) is 7.30. The predicted molar refractivity (Wildman–Crippen MR) is 144 cm³/mol. The quantitative estimate of drug-likeness (QED) is 0.178. The fourth-order valence-electron chi connectivity index (χ4n) is 5.08. The molecule has 0 radical (unpaired) electrons. The van der Waals surface area contributed by atoms with Crippen LogP contribution in [0.4, 0.5) is 0 Å². The Morgan fingerprint density at radius 3 is 1.48 bits per heavy atom. The van der Waals surface area contributed by atoms with Crippen LogP contribution in [0.3, 0.4) is 0 Å². The van der Waals surface area contributed by atoms with Crippen molar-refractivity contribution in [2.75, 3.05) is 27.2 Å². The summed E-state index contributed by atoms with van der Waals surface area (Å²) in [5.74, 6) is 0.882. The Morgan fingerprint density at radius 2 is 1.06 bits per heavy atom. The average molecular weight is 481 g/mol. The lowest BCUT2D eigenvalue weighted by atomic mass is 9.96. The van der Waals surface area contributed by atoms with E-state index >= 15 is 0 Å². The minimum Gasteiger partial charge on any atom is -1.00 e. The molecule has 3 heteroatoms. The monoisotopic (exact) mass is 480 g/mol. The molecule has 1 aromatic carbocycles. The van der Waals surface area contributed by atoms with E-state index in [1.165, 1.54) is 102 Å². The second kappa shape index (κ2) is 20.8. The first-order chi connectivity index (χ1) is 15.5. The van der Waals surface area contributed by atoms with Crippen molar-refractivity contribution >= 4 is 0 Å². The number of hydrogen-bond acceptors (Lipinski definition) is 1. The van der Waals surface area contributed by atoms with E-state index in [1.54, 1.807) is 0 Å². The van der Waals surface area contributed by atoms with E-state index < -0.39 is 0 Å². The van der Waals surface area contributed by atoms with Gasteiger partial charge in [-0.25, -0.2) is 0 Å². The van der Waals surface area contributed by atoms with E-state index in [2.05, 4.69) is 58.3 Å². The van der Waals surface area contributed by atoms with E-state index in [0.717, 1.165) is 29.9 Å². The lowest BCUT2D eigenvalue weighted by molar-refractivity contribution is -0.921. The number of hydrogen-bond donors (Lipinski definition) is 1. The smallest absolute Gasteiger partial charge is 0.114 e. The highest BCUT2D eigenvalue weighted by Gasteiger charge is 2.28. The first-order valence-corrected chi connectivity index (χ1v) is 14.0. The number of halogens is 1. The molecule has 0 spiro atoms. The molecular weight excluding hydrogens is 424 g/mol. The SMILES string of the molecule is CC(C)CCCCCCCCCCCCCCCC(c1ccccc1)[N+](C)(C)CCCN.[Cl-]. The summed E-state index contributed by atoms with van der Waals surface area (Å²) in [5, 5.41) is 0. The molecule has 0 aliphatic rings. The van der Waals surface area contributed by atoms with Gasteiger partial charge in [0.1, 0.15) is 6.04 Å². The van der Waals surface area contributed by atoms with Crippen LogP contribution in [0.2, 0.25) is 0 Å². The fourth-order valence-corrected chi connectivity index (χ4v) is 5.08. The maximum absolute atomic E-state index is 5.80. The molecule has 0 heterocycles. The van der Waals surface area contributed by atoms with Crippen molar-refractivity contribution in [2.24, 2.45) is 11.7 Å². The van der Waals surface area contributed by atoms with Gasteiger partial charge < -0.3 is 22.6 Å². The van der Waals surface area contributed by atoms with Gasteiger partial charge in [0.2, 0.25) is 0 Å². The molecule has 0 saturated carbocycles. The molecule has 0 aliphatic carbocycles. The lowest BCUT2D eigenvalue weighted by Crippen LogP contribution is -3.00. The van der Waals surface area contributed by atoms with E-state index in [1.807, 2.05) is 0 Å². The summed E-state index contributed by atoms with van der Waals surface area (Å²) in [6.45, 7) is 6.63. The van der Waals surface area contributed by atoms with Gasteiger partial charge in [-0.15, -0.1) is 0 Å². The molecule has 1 rings (SSSR count). The molecule has 2 nitrogen and oxygen atoms in total. The summed E-state index contributed by atoms with van der Waals surface area (Å²) in [4.78, 5) is 0. The Bertz CT molecular complexity index is 529. The molecule has 0 amide bonds. The van der Waals surface area contributed by atoms with Crippen LogP contribution in [-0.2, 0) is 0 Å². The van der Waals surface area contributed by atoms with Gasteiger partial charge in [-0.3, -0.25) is 0 Å². The number of rotatable bonds is 21. The van der Waals surface area contributed by atoms with Crippen LogP contribution < -0.4 is 18.1 Å². The second-order valence-corrected chi connectivity index (χ2v) is 11.1. The van der Waals surface area contributed by atoms with Crippen molar-refractivity contribution in [1.29, 1.82) is 0 Å². The first-order valence-electron chi connectivity index (χ1n) is 14.0. The van der Waals surface area contributed by atoms with Gasteiger partial charge in [0.15, 0.2) is 0 Å². The van der Waals surface area contributed by atoms with Crippen molar-refractivity contribution in [3.05, 3.63) is 35.9 Å². The minimum atomic E-state index is 0. The van der Waals surface area contributed by atoms with Gasteiger partial charge in [0.05, 0.1) is 20.6 Å². The number of unbranched alkanes of at least 4 members (excludes halogenated alkanes) is 12. The third kappa shape index (κ3) is 16.7. The van der Waals surface area contributed by atoms with Crippen molar-refractivity contribution < 1.29 is 16.9 Å². The van der Waals surface area contributed by atoms with Crippen LogP contribution in [0.1, 0.15) is 128 Å². The zero-order valence-electron chi connectivity index (χ0n) is 22.7. The maximum Gasteiger partial charge on any atom is 0.114 e. The number of benzene rings is 1. The molecule has 194 valence electrons. The number of nitrogens with two attached hydrogens (primary N) is 1. The summed E-state index contributed by atoms with van der Waals surface area (Å²) >= 11 is 0. The number of quaternary nitrogens is 1. The molecule has 2 N–H and O–H groups in total. The van der Waals surface area contributed by atoms with Crippen LogP contribution in [0.5, 0.6) is 0 Å². The molecule has 0 fully saturated rings. The van der Waals surface area contributed by atoms with Crippen molar-refractivity contribution in [3.8, 4) is 0 Å². The largest absolute Gasteiger partial charge is 1.00 e. The molecular formula is C30H57ClN2. The maximum atomic E-state index is 5.80. The number of nitrogens with zero attached hydrogens (tertiary/aromatic N) is 1. The van der Waals surface area contributed by atoms with Crippen molar-refractivity contribution in [2.45, 2.75) is 123 Å². The summed E-state index contributed by atoms with van der Waals surface area (Å²) in [6, 6.07) is 11.7. The Labute approximate surface area is 214 Å². The highest BCUT2D eigenvalue weighted by Crippen LogP contribution is 2.31. The van der Waals surface area contributed by atoms with Crippen molar-refractivity contribution in [3.63, 3.8) is 0 Å². The summed E-state index contributed by atoms with van der Waals surface area (Å²) in [6.07, 6.45) is 22.4. The molecule has 1 atom stereocenters. The fraction of sp³-hybridized carbons (Fsp3) is 0.800. The van der Waals surface area contributed by atoms with Crippen LogP contribution >= 0.6 is 0 Å². The van der Waals surface area contributed by atoms with Gasteiger partial charge in [-0.1, -0.05) is 128 Å².